The minimum atomic E-state index is -0.0304. The predicted molar refractivity (Wildman–Crippen MR) is 155 cm³/mol. The smallest absolute Gasteiger partial charge is 0.305 e. The molecular weight excluding hydrogens is 478 g/mol. The van der Waals surface area contributed by atoms with E-state index in [0.717, 1.165) is 37.0 Å². The largest absolute Gasteiger partial charge is 1.00 e. The first-order valence-electron chi connectivity index (χ1n) is 14.8. The third kappa shape index (κ3) is 14.0. The predicted octanol–water partition coefficient (Wildman–Crippen LogP) is 5.89. The van der Waals surface area contributed by atoms with Crippen LogP contribution in [-0.2, 0) is 16.0 Å². The third-order valence-electron chi connectivity index (χ3n) is 7.74. The lowest BCUT2D eigenvalue weighted by Gasteiger charge is -2.36. The van der Waals surface area contributed by atoms with Gasteiger partial charge in [-0.3, -0.25) is 9.28 Å². The van der Waals surface area contributed by atoms with Gasteiger partial charge in [-0.05, 0) is 50.8 Å². The summed E-state index contributed by atoms with van der Waals surface area (Å²) in [6.07, 6.45) is 17.4. The minimum Gasteiger partial charge on any atom is -1.00 e. The second kappa shape index (κ2) is 21.1. The standard InChI is InChI=1S/C33H52NO2.ClH/c1-3-34(4-2,32-26-20-16-21-27-32)29-30-36-33(35)28-22-14-12-10-8-6-5-7-9-11-13-17-23-31-24-18-15-19-25-31;/h15-16,18-21,24-27H,3-14,17,22-23,28-30H2,1-2H3;1H/q+1;/p-1. The van der Waals surface area contributed by atoms with E-state index < -0.39 is 0 Å². The number of hydrogen-bond acceptors (Lipinski definition) is 2. The van der Waals surface area contributed by atoms with Gasteiger partial charge in [0.2, 0.25) is 0 Å². The van der Waals surface area contributed by atoms with Crippen LogP contribution < -0.4 is 16.9 Å². The molecule has 4 heteroatoms. The Kier molecular flexibility index (Phi) is 19.0. The summed E-state index contributed by atoms with van der Waals surface area (Å²) >= 11 is 0. The molecule has 0 atom stereocenters. The molecule has 37 heavy (non-hydrogen) atoms. The average molecular weight is 530 g/mol. The Labute approximate surface area is 234 Å². The van der Waals surface area contributed by atoms with Crippen LogP contribution in [0.3, 0.4) is 0 Å². The second-order valence-corrected chi connectivity index (χ2v) is 10.3. The van der Waals surface area contributed by atoms with Crippen LogP contribution in [-0.4, -0.2) is 32.2 Å². The quantitative estimate of drug-likeness (QED) is 0.114. The van der Waals surface area contributed by atoms with Crippen LogP contribution in [0.15, 0.2) is 60.7 Å². The van der Waals surface area contributed by atoms with Gasteiger partial charge in [0.15, 0.2) is 0 Å². The lowest BCUT2D eigenvalue weighted by molar-refractivity contribution is -0.144. The molecule has 2 aromatic rings. The molecule has 3 nitrogen and oxygen atoms in total. The van der Waals surface area contributed by atoms with Gasteiger partial charge < -0.3 is 17.1 Å². The van der Waals surface area contributed by atoms with Crippen molar-refractivity contribution < 1.29 is 21.9 Å². The number of unbranched alkanes of at least 4 members (excludes halogenated alkanes) is 11. The zero-order valence-corrected chi connectivity index (χ0v) is 24.4. The molecule has 0 spiro atoms. The van der Waals surface area contributed by atoms with Gasteiger partial charge in [0.25, 0.3) is 0 Å². The molecule has 0 aliphatic rings. The molecular formula is C33H52ClNO2. The molecule has 0 radical (unpaired) electrons. The van der Waals surface area contributed by atoms with Crippen molar-refractivity contribution in [1.29, 1.82) is 0 Å². The van der Waals surface area contributed by atoms with Crippen molar-refractivity contribution in [2.45, 2.75) is 104 Å². The van der Waals surface area contributed by atoms with E-state index in [1.165, 1.54) is 81.9 Å². The summed E-state index contributed by atoms with van der Waals surface area (Å²) in [6.45, 7) is 7.79. The number of hydrogen-bond donors (Lipinski definition) is 0. The number of ether oxygens (including phenoxy) is 1. The van der Waals surface area contributed by atoms with Crippen LogP contribution in [0.4, 0.5) is 5.69 Å². The Bertz CT molecular complexity index is 792. The van der Waals surface area contributed by atoms with Crippen molar-refractivity contribution in [2.75, 3.05) is 26.2 Å². The first kappa shape index (κ1) is 33.2. The summed E-state index contributed by atoms with van der Waals surface area (Å²) in [6, 6.07) is 21.5. The van der Waals surface area contributed by atoms with Crippen LogP contribution >= 0.6 is 0 Å². The molecule has 0 heterocycles. The van der Waals surface area contributed by atoms with E-state index in [4.69, 9.17) is 4.74 Å². The van der Waals surface area contributed by atoms with Gasteiger partial charge in [-0.1, -0.05) is 113 Å². The molecule has 0 amide bonds. The molecule has 0 saturated heterocycles. The maximum absolute atomic E-state index is 12.2. The highest BCUT2D eigenvalue weighted by atomic mass is 35.5. The fraction of sp³-hybridized carbons (Fsp3) is 0.606. The van der Waals surface area contributed by atoms with E-state index in [9.17, 15) is 4.79 Å². The van der Waals surface area contributed by atoms with Gasteiger partial charge in [0.05, 0.1) is 13.1 Å². The molecule has 2 rings (SSSR count). The van der Waals surface area contributed by atoms with E-state index in [-0.39, 0.29) is 18.4 Å². The molecule has 0 aromatic heterocycles. The lowest BCUT2D eigenvalue weighted by atomic mass is 10.0. The van der Waals surface area contributed by atoms with Crippen LogP contribution in [0.25, 0.3) is 0 Å². The zero-order chi connectivity index (χ0) is 25.7. The SMILES string of the molecule is CC[N+](CC)(CCOC(=O)CCCCCCCCCCCCCCc1ccccc1)c1ccccc1.[Cl-]. The summed E-state index contributed by atoms with van der Waals surface area (Å²) in [5, 5.41) is 0. The highest BCUT2D eigenvalue weighted by Gasteiger charge is 2.26. The topological polar surface area (TPSA) is 26.3 Å². The molecule has 0 unspecified atom stereocenters. The Balaban J connectivity index is 0.00000684. The van der Waals surface area contributed by atoms with Gasteiger partial charge in [-0.15, -0.1) is 0 Å². The Hall–Kier alpha value is -1.84. The van der Waals surface area contributed by atoms with Crippen LogP contribution in [0.5, 0.6) is 0 Å². The van der Waals surface area contributed by atoms with Gasteiger partial charge in [0.1, 0.15) is 18.8 Å². The highest BCUT2D eigenvalue weighted by molar-refractivity contribution is 5.69. The molecule has 0 bridgehead atoms. The molecule has 0 fully saturated rings. The highest BCUT2D eigenvalue weighted by Crippen LogP contribution is 2.22. The monoisotopic (exact) mass is 529 g/mol. The Morgan fingerprint density at radius 1 is 0.649 bits per heavy atom. The Morgan fingerprint density at radius 2 is 1.11 bits per heavy atom. The average Bonchev–Trinajstić information content (AvgIpc) is 2.92. The number of nitrogens with zero attached hydrogens (tertiary/aromatic N) is 1. The lowest BCUT2D eigenvalue weighted by Crippen LogP contribution is -3.00. The van der Waals surface area contributed by atoms with E-state index in [2.05, 4.69) is 74.5 Å². The van der Waals surface area contributed by atoms with Crippen LogP contribution in [0.2, 0.25) is 0 Å². The van der Waals surface area contributed by atoms with Gasteiger partial charge in [-0.2, -0.15) is 0 Å². The van der Waals surface area contributed by atoms with Gasteiger partial charge >= 0.3 is 5.97 Å². The van der Waals surface area contributed by atoms with Crippen molar-refractivity contribution in [2.24, 2.45) is 0 Å². The molecule has 0 N–H and O–H groups in total. The Morgan fingerprint density at radius 3 is 1.62 bits per heavy atom. The van der Waals surface area contributed by atoms with Crippen molar-refractivity contribution in [3.63, 3.8) is 0 Å². The van der Waals surface area contributed by atoms with Crippen molar-refractivity contribution >= 4 is 11.7 Å². The number of quaternary nitrogens is 1. The fourth-order valence-corrected chi connectivity index (χ4v) is 5.20. The summed E-state index contributed by atoms with van der Waals surface area (Å²) in [5.41, 5.74) is 2.78. The summed E-state index contributed by atoms with van der Waals surface area (Å²) in [5.74, 6) is -0.0304. The number of carbonyl (C=O) groups is 1. The summed E-state index contributed by atoms with van der Waals surface area (Å²) < 4.78 is 6.46. The number of para-hydroxylation sites is 1. The van der Waals surface area contributed by atoms with Gasteiger partial charge in [-0.25, -0.2) is 0 Å². The zero-order valence-electron chi connectivity index (χ0n) is 23.6. The maximum Gasteiger partial charge on any atom is 0.305 e. The van der Waals surface area contributed by atoms with Crippen molar-refractivity contribution in [3.8, 4) is 0 Å². The first-order valence-corrected chi connectivity index (χ1v) is 14.8. The molecule has 2 aromatic carbocycles. The minimum absolute atomic E-state index is 0. The molecule has 0 saturated carbocycles. The number of likely N-dealkylation sites (N-methyl/N-ethyl adjacent to an activating group) is 1. The third-order valence-corrected chi connectivity index (χ3v) is 7.74. The van der Waals surface area contributed by atoms with E-state index in [1.807, 2.05) is 0 Å². The summed E-state index contributed by atoms with van der Waals surface area (Å²) in [7, 11) is 0. The number of esters is 1. The molecule has 0 aliphatic carbocycles. The number of aryl methyl sites for hydroxylation is 1. The second-order valence-electron chi connectivity index (χ2n) is 10.3. The number of benzene rings is 2. The normalized spacial score (nSPS) is 11.2. The van der Waals surface area contributed by atoms with E-state index in [1.54, 1.807) is 0 Å². The van der Waals surface area contributed by atoms with E-state index in [0.29, 0.717) is 13.0 Å². The maximum atomic E-state index is 12.2. The number of halogens is 1. The van der Waals surface area contributed by atoms with Crippen molar-refractivity contribution in [3.05, 3.63) is 66.2 Å². The molecule has 208 valence electrons. The number of carbonyl (C=O) groups excluding carboxylic acids is 1. The summed E-state index contributed by atoms with van der Waals surface area (Å²) in [4.78, 5) is 12.2. The van der Waals surface area contributed by atoms with Crippen LogP contribution in [0.1, 0.15) is 103 Å². The number of rotatable bonds is 21. The van der Waals surface area contributed by atoms with Crippen molar-refractivity contribution in [1.82, 2.24) is 4.48 Å². The van der Waals surface area contributed by atoms with Crippen LogP contribution in [0, 0.1) is 0 Å². The fourth-order valence-electron chi connectivity index (χ4n) is 5.20. The first-order chi connectivity index (χ1) is 17.7. The molecule has 0 aliphatic heterocycles. The van der Waals surface area contributed by atoms with E-state index >= 15 is 0 Å². The van der Waals surface area contributed by atoms with Gasteiger partial charge in [0, 0.05) is 6.42 Å².